The van der Waals surface area contributed by atoms with Crippen molar-refractivity contribution >= 4 is 5.97 Å². The lowest BCUT2D eigenvalue weighted by atomic mass is 9.77. The SMILES string of the molecule is O=C([O-])CCCCc1cn(C(c2ccccc2)(c2ccccc2)c2ccccc2)cn1. The first-order chi connectivity index (χ1) is 15.2. The van der Waals surface area contributed by atoms with Gasteiger partial charge in [-0.15, -0.1) is 0 Å². The number of carboxylic acid groups (broad SMARTS) is 1. The van der Waals surface area contributed by atoms with E-state index < -0.39 is 11.5 Å². The number of carbonyl (C=O) groups is 1. The highest BCUT2D eigenvalue weighted by Crippen LogP contribution is 2.40. The van der Waals surface area contributed by atoms with E-state index in [9.17, 15) is 9.90 Å². The van der Waals surface area contributed by atoms with Crippen molar-refractivity contribution in [1.82, 2.24) is 9.55 Å². The lowest BCUT2D eigenvalue weighted by Gasteiger charge is -2.37. The molecule has 0 aliphatic heterocycles. The molecule has 3 aromatic carbocycles. The summed E-state index contributed by atoms with van der Waals surface area (Å²) in [6.45, 7) is 0. The Hall–Kier alpha value is -3.66. The number of hydrogen-bond donors (Lipinski definition) is 0. The maximum Gasteiger partial charge on any atom is 0.121 e. The minimum absolute atomic E-state index is 0.0860. The standard InChI is InChI=1S/C27H26N2O2/c30-26(31)19-11-10-18-25-20-29(21-28-25)27(22-12-4-1-5-13-22,23-14-6-2-7-15-23)24-16-8-3-9-17-24/h1-9,12-17,20-21H,10-11,18-19H2,(H,30,31)/p-1. The predicted octanol–water partition coefficient (Wildman–Crippen LogP) is 4.19. The van der Waals surface area contributed by atoms with E-state index in [-0.39, 0.29) is 6.42 Å². The number of imidazole rings is 1. The van der Waals surface area contributed by atoms with Gasteiger partial charge in [-0.2, -0.15) is 0 Å². The zero-order chi connectivity index (χ0) is 21.5. The van der Waals surface area contributed by atoms with Crippen molar-refractivity contribution < 1.29 is 9.90 Å². The smallest absolute Gasteiger partial charge is 0.121 e. The number of carbonyl (C=O) groups excluding carboxylic acids is 1. The van der Waals surface area contributed by atoms with E-state index in [1.165, 1.54) is 0 Å². The van der Waals surface area contributed by atoms with Gasteiger partial charge in [-0.3, -0.25) is 0 Å². The maximum absolute atomic E-state index is 10.7. The summed E-state index contributed by atoms with van der Waals surface area (Å²) in [6.07, 6.45) is 6.15. The summed E-state index contributed by atoms with van der Waals surface area (Å²) in [5, 5.41) is 10.7. The molecule has 0 fully saturated rings. The Balaban J connectivity index is 1.83. The van der Waals surface area contributed by atoms with Gasteiger partial charge in [0.15, 0.2) is 0 Å². The van der Waals surface area contributed by atoms with Crippen molar-refractivity contribution in [2.45, 2.75) is 31.2 Å². The molecule has 4 aromatic rings. The van der Waals surface area contributed by atoms with Crippen LogP contribution in [0.25, 0.3) is 0 Å². The molecule has 0 amide bonds. The molecule has 0 radical (unpaired) electrons. The number of aryl methyl sites for hydroxylation is 1. The van der Waals surface area contributed by atoms with Crippen LogP contribution in [0, 0.1) is 0 Å². The summed E-state index contributed by atoms with van der Waals surface area (Å²) in [4.78, 5) is 15.4. The first-order valence-electron chi connectivity index (χ1n) is 10.6. The van der Waals surface area contributed by atoms with Gasteiger partial charge in [0.05, 0.1) is 12.0 Å². The van der Waals surface area contributed by atoms with Crippen LogP contribution in [-0.2, 0) is 16.8 Å². The molecule has 4 nitrogen and oxygen atoms in total. The first-order valence-corrected chi connectivity index (χ1v) is 10.6. The topological polar surface area (TPSA) is 57.9 Å². The van der Waals surface area contributed by atoms with Crippen LogP contribution in [0.2, 0.25) is 0 Å². The first kappa shape index (κ1) is 20.6. The Kier molecular flexibility index (Phi) is 6.27. The molecule has 0 bridgehead atoms. The second-order valence-electron chi connectivity index (χ2n) is 7.66. The molecule has 0 aliphatic rings. The molecule has 4 heteroatoms. The van der Waals surface area contributed by atoms with Crippen molar-refractivity contribution in [2.24, 2.45) is 0 Å². The number of nitrogens with zero attached hydrogens (tertiary/aromatic N) is 2. The molecule has 0 aliphatic carbocycles. The number of unbranched alkanes of at least 4 members (excludes halogenated alkanes) is 1. The number of rotatable bonds is 9. The molecule has 0 N–H and O–H groups in total. The van der Waals surface area contributed by atoms with Crippen LogP contribution >= 0.6 is 0 Å². The number of aromatic nitrogens is 2. The Morgan fingerprint density at radius 3 is 1.71 bits per heavy atom. The summed E-state index contributed by atoms with van der Waals surface area (Å²) >= 11 is 0. The van der Waals surface area contributed by atoms with Crippen LogP contribution in [0.15, 0.2) is 104 Å². The van der Waals surface area contributed by atoms with Crippen LogP contribution in [-0.4, -0.2) is 15.5 Å². The summed E-state index contributed by atoms with van der Waals surface area (Å²) in [5.41, 5.74) is 3.82. The monoisotopic (exact) mass is 409 g/mol. The zero-order valence-electron chi connectivity index (χ0n) is 17.4. The lowest BCUT2D eigenvalue weighted by Crippen LogP contribution is -2.36. The fourth-order valence-electron chi connectivity index (χ4n) is 4.24. The molecule has 0 unspecified atom stereocenters. The van der Waals surface area contributed by atoms with Gasteiger partial charge in [0.1, 0.15) is 5.54 Å². The summed E-state index contributed by atoms with van der Waals surface area (Å²) in [6, 6.07) is 31.4. The van der Waals surface area contributed by atoms with E-state index in [2.05, 4.69) is 88.5 Å². The zero-order valence-corrected chi connectivity index (χ0v) is 17.4. The number of aliphatic carboxylic acids is 1. The van der Waals surface area contributed by atoms with Gasteiger partial charge in [-0.1, -0.05) is 91.0 Å². The van der Waals surface area contributed by atoms with Crippen molar-refractivity contribution in [3.8, 4) is 0 Å². The van der Waals surface area contributed by atoms with Crippen LogP contribution in [0.4, 0.5) is 0 Å². The van der Waals surface area contributed by atoms with Gasteiger partial charge >= 0.3 is 0 Å². The molecular weight excluding hydrogens is 384 g/mol. The highest BCUT2D eigenvalue weighted by Gasteiger charge is 2.38. The molecule has 0 saturated carbocycles. The third-order valence-electron chi connectivity index (χ3n) is 5.66. The van der Waals surface area contributed by atoms with E-state index in [0.717, 1.165) is 35.2 Å². The van der Waals surface area contributed by atoms with Crippen LogP contribution in [0.5, 0.6) is 0 Å². The Bertz CT molecular complexity index is 1010. The largest absolute Gasteiger partial charge is 0.550 e. The number of carboxylic acids is 1. The van der Waals surface area contributed by atoms with E-state index in [1.807, 2.05) is 24.5 Å². The van der Waals surface area contributed by atoms with Gasteiger partial charge in [0, 0.05) is 12.2 Å². The van der Waals surface area contributed by atoms with Crippen molar-refractivity contribution in [3.05, 3.63) is 126 Å². The van der Waals surface area contributed by atoms with Gasteiger partial charge in [-0.05, 0) is 42.4 Å². The molecule has 31 heavy (non-hydrogen) atoms. The van der Waals surface area contributed by atoms with Crippen molar-refractivity contribution in [1.29, 1.82) is 0 Å². The van der Waals surface area contributed by atoms with Crippen molar-refractivity contribution in [3.63, 3.8) is 0 Å². The fraction of sp³-hybridized carbons (Fsp3) is 0.185. The second kappa shape index (κ2) is 9.43. The van der Waals surface area contributed by atoms with Gasteiger partial charge in [-0.25, -0.2) is 4.98 Å². The Morgan fingerprint density at radius 2 is 1.26 bits per heavy atom. The van der Waals surface area contributed by atoms with Crippen LogP contribution in [0.1, 0.15) is 41.6 Å². The summed E-state index contributed by atoms with van der Waals surface area (Å²) < 4.78 is 2.18. The third-order valence-corrected chi connectivity index (χ3v) is 5.66. The van der Waals surface area contributed by atoms with E-state index in [0.29, 0.717) is 6.42 Å². The normalized spacial score (nSPS) is 11.4. The molecular formula is C27H25N2O2-. The van der Waals surface area contributed by atoms with E-state index in [4.69, 9.17) is 0 Å². The molecule has 0 saturated heterocycles. The molecule has 1 aromatic heterocycles. The Morgan fingerprint density at radius 1 is 0.774 bits per heavy atom. The maximum atomic E-state index is 10.7. The highest BCUT2D eigenvalue weighted by atomic mass is 16.4. The average Bonchev–Trinajstić information content (AvgIpc) is 3.28. The predicted molar refractivity (Wildman–Crippen MR) is 119 cm³/mol. The number of benzene rings is 3. The van der Waals surface area contributed by atoms with Gasteiger partial charge in [0.2, 0.25) is 0 Å². The molecule has 156 valence electrons. The van der Waals surface area contributed by atoms with Gasteiger partial charge in [0.25, 0.3) is 0 Å². The highest BCUT2D eigenvalue weighted by molar-refractivity contribution is 5.64. The van der Waals surface area contributed by atoms with E-state index >= 15 is 0 Å². The fourth-order valence-corrected chi connectivity index (χ4v) is 4.24. The quantitative estimate of drug-likeness (QED) is 0.308. The third kappa shape index (κ3) is 4.29. The summed E-state index contributed by atoms with van der Waals surface area (Å²) in [7, 11) is 0. The lowest BCUT2D eigenvalue weighted by molar-refractivity contribution is -0.305. The van der Waals surface area contributed by atoms with Crippen molar-refractivity contribution in [2.75, 3.05) is 0 Å². The van der Waals surface area contributed by atoms with Crippen LogP contribution in [0.3, 0.4) is 0 Å². The van der Waals surface area contributed by atoms with E-state index in [1.54, 1.807) is 0 Å². The molecule has 1 heterocycles. The minimum Gasteiger partial charge on any atom is -0.550 e. The molecule has 0 spiro atoms. The summed E-state index contributed by atoms with van der Waals surface area (Å²) in [5.74, 6) is -0.998. The second-order valence-corrected chi connectivity index (χ2v) is 7.66. The van der Waals surface area contributed by atoms with Gasteiger partial charge < -0.3 is 14.5 Å². The minimum atomic E-state index is -0.998. The molecule has 4 rings (SSSR count). The Labute approximate surface area is 182 Å². The molecule has 0 atom stereocenters. The average molecular weight is 410 g/mol. The van der Waals surface area contributed by atoms with Crippen LogP contribution < -0.4 is 5.11 Å². The number of hydrogen-bond acceptors (Lipinski definition) is 3.